The highest BCUT2D eigenvalue weighted by Gasteiger charge is 2.14. The Labute approximate surface area is 181 Å². The summed E-state index contributed by atoms with van der Waals surface area (Å²) in [6.07, 6.45) is 5.97. The number of fused-ring (bicyclic) bond motifs is 1. The fourth-order valence-corrected chi connectivity index (χ4v) is 3.38. The van der Waals surface area contributed by atoms with E-state index in [4.69, 9.17) is 10.2 Å². The molecule has 0 aliphatic carbocycles. The first kappa shape index (κ1) is 22.2. The van der Waals surface area contributed by atoms with Gasteiger partial charge < -0.3 is 10.2 Å². The van der Waals surface area contributed by atoms with Gasteiger partial charge in [-0.15, -0.1) is 0 Å². The smallest absolute Gasteiger partial charge is 0.349 e. The van der Waals surface area contributed by atoms with E-state index in [1.165, 1.54) is 12.1 Å². The predicted molar refractivity (Wildman–Crippen MR) is 123 cm³/mol. The Morgan fingerprint density at radius 1 is 1.13 bits per heavy atom. The minimum atomic E-state index is -0.827. The monoisotopic (exact) mass is 417 g/mol. The molecule has 2 aromatic carbocycles. The number of aryl methyl sites for hydroxylation is 2. The van der Waals surface area contributed by atoms with Gasteiger partial charge in [-0.1, -0.05) is 56.2 Å². The topological polar surface area (TPSA) is 90.4 Å². The third-order valence-electron chi connectivity index (χ3n) is 5.56. The molecule has 2 N–H and O–H groups in total. The van der Waals surface area contributed by atoms with Crippen LogP contribution < -0.4 is 11.4 Å². The second-order valence-corrected chi connectivity index (χ2v) is 8.03. The molecule has 0 fully saturated rings. The third-order valence-corrected chi connectivity index (χ3v) is 5.56. The highest BCUT2D eigenvalue weighted by atomic mass is 16.4. The maximum atomic E-state index is 12.5. The molecule has 0 saturated carbocycles. The van der Waals surface area contributed by atoms with Crippen LogP contribution in [0.5, 0.6) is 0 Å². The molecule has 3 aromatic rings. The Morgan fingerprint density at radius 3 is 2.48 bits per heavy atom. The van der Waals surface area contributed by atoms with Crippen molar-refractivity contribution in [1.82, 2.24) is 0 Å². The average Bonchev–Trinajstić information content (AvgIpc) is 2.75. The van der Waals surface area contributed by atoms with Gasteiger partial charge in [0.15, 0.2) is 5.78 Å². The third kappa shape index (κ3) is 5.37. The maximum Gasteiger partial charge on any atom is 0.349 e. The summed E-state index contributed by atoms with van der Waals surface area (Å²) < 4.78 is 5.46. The van der Waals surface area contributed by atoms with E-state index in [9.17, 15) is 14.4 Å². The van der Waals surface area contributed by atoms with Crippen LogP contribution in [-0.2, 0) is 6.42 Å². The zero-order valence-electron chi connectivity index (χ0n) is 18.1. The second kappa shape index (κ2) is 9.56. The first-order valence-corrected chi connectivity index (χ1v) is 10.5. The van der Waals surface area contributed by atoms with Crippen LogP contribution in [0.3, 0.4) is 0 Å². The van der Waals surface area contributed by atoms with E-state index < -0.39 is 11.5 Å². The van der Waals surface area contributed by atoms with Crippen molar-refractivity contribution in [3.63, 3.8) is 0 Å². The Bertz CT molecular complexity index is 1200. The number of hydrogen-bond donors (Lipinski definition) is 1. The molecule has 0 radical (unpaired) electrons. The first-order valence-electron chi connectivity index (χ1n) is 10.5. The average molecular weight is 418 g/mol. The molecule has 1 unspecified atom stereocenters. The molecule has 0 spiro atoms. The van der Waals surface area contributed by atoms with E-state index in [1.54, 1.807) is 24.3 Å². The van der Waals surface area contributed by atoms with E-state index in [0.717, 1.165) is 36.0 Å². The molecular weight excluding hydrogens is 390 g/mol. The number of ketones is 1. The van der Waals surface area contributed by atoms with Crippen LogP contribution in [0.25, 0.3) is 17.0 Å². The van der Waals surface area contributed by atoms with Gasteiger partial charge in [0.25, 0.3) is 5.91 Å². The number of carbonyl (C=O) groups excluding carboxylic acids is 2. The minimum Gasteiger partial charge on any atom is -0.422 e. The number of rotatable bonds is 8. The van der Waals surface area contributed by atoms with Crippen molar-refractivity contribution < 1.29 is 14.0 Å². The predicted octanol–water partition coefficient (Wildman–Crippen LogP) is 5.08. The number of benzene rings is 2. The Morgan fingerprint density at radius 2 is 1.84 bits per heavy atom. The molecule has 1 heterocycles. The zero-order valence-corrected chi connectivity index (χ0v) is 18.1. The van der Waals surface area contributed by atoms with Crippen LogP contribution in [0.4, 0.5) is 0 Å². The molecule has 5 nitrogen and oxygen atoms in total. The number of carbonyl (C=O) groups is 2. The summed E-state index contributed by atoms with van der Waals surface area (Å²) in [6, 6.07) is 12.6. The number of primary amides is 1. The first-order chi connectivity index (χ1) is 14.8. The summed E-state index contributed by atoms with van der Waals surface area (Å²) in [5.41, 5.74) is 8.22. The van der Waals surface area contributed by atoms with Gasteiger partial charge in [0.1, 0.15) is 11.1 Å². The molecule has 1 amide bonds. The zero-order chi connectivity index (χ0) is 22.5. The van der Waals surface area contributed by atoms with E-state index >= 15 is 0 Å². The maximum absolute atomic E-state index is 12.5. The summed E-state index contributed by atoms with van der Waals surface area (Å²) in [7, 11) is 0. The summed E-state index contributed by atoms with van der Waals surface area (Å²) in [6.45, 7) is 6.28. The number of amides is 1. The van der Waals surface area contributed by atoms with Gasteiger partial charge in [0, 0.05) is 10.9 Å². The summed E-state index contributed by atoms with van der Waals surface area (Å²) in [5.74, 6) is -0.403. The van der Waals surface area contributed by atoms with Gasteiger partial charge >= 0.3 is 5.63 Å². The Kier molecular flexibility index (Phi) is 6.85. The second-order valence-electron chi connectivity index (χ2n) is 8.03. The lowest BCUT2D eigenvalue weighted by molar-refractivity contribution is 0.0995. The normalized spacial score (nSPS) is 12.4. The summed E-state index contributed by atoms with van der Waals surface area (Å²) >= 11 is 0. The van der Waals surface area contributed by atoms with E-state index in [0.29, 0.717) is 22.5 Å². The van der Waals surface area contributed by atoms with Crippen molar-refractivity contribution in [2.45, 2.75) is 40.0 Å². The SMILES string of the molecule is CCC(C)CCc1cc(/C=C/C(=O)c2ccc(C)cc2)cc2cc(C(N)=O)c(=O)oc12. The van der Waals surface area contributed by atoms with Crippen molar-refractivity contribution in [3.8, 4) is 0 Å². The standard InChI is InChI=1S/C26H27NO4/c1-4-16(2)5-11-20-13-18(8-12-23(28)19-9-6-17(3)7-10-19)14-21-15-22(25(27)29)26(30)31-24(20)21/h6-10,12-16H,4-5,11H2,1-3H3,(H2,27,29)/b12-8+. The molecule has 5 heteroatoms. The van der Waals surface area contributed by atoms with Crippen molar-refractivity contribution in [2.75, 3.05) is 0 Å². The van der Waals surface area contributed by atoms with Gasteiger partial charge in [-0.25, -0.2) is 4.79 Å². The van der Waals surface area contributed by atoms with Gasteiger partial charge in [0.05, 0.1) is 0 Å². The molecule has 0 bridgehead atoms. The van der Waals surface area contributed by atoms with Gasteiger partial charge in [-0.05, 0) is 61.1 Å². The fraction of sp³-hybridized carbons (Fsp3) is 0.269. The largest absolute Gasteiger partial charge is 0.422 e. The molecule has 3 rings (SSSR count). The quantitative estimate of drug-likeness (QED) is 0.314. The fourth-order valence-electron chi connectivity index (χ4n) is 3.38. The van der Waals surface area contributed by atoms with Gasteiger partial charge in [-0.2, -0.15) is 0 Å². The Hall–Kier alpha value is -3.47. The molecular formula is C26H27NO4. The summed E-state index contributed by atoms with van der Waals surface area (Å²) in [5, 5.41) is 0.609. The van der Waals surface area contributed by atoms with E-state index in [2.05, 4.69) is 13.8 Å². The van der Waals surface area contributed by atoms with Crippen LogP contribution in [0, 0.1) is 12.8 Å². The van der Waals surface area contributed by atoms with Crippen LogP contribution >= 0.6 is 0 Å². The van der Waals surface area contributed by atoms with Crippen molar-refractivity contribution in [1.29, 1.82) is 0 Å². The van der Waals surface area contributed by atoms with Crippen LogP contribution in [0.2, 0.25) is 0 Å². The molecule has 0 aliphatic rings. The molecule has 31 heavy (non-hydrogen) atoms. The van der Waals surface area contributed by atoms with Gasteiger partial charge in [-0.3, -0.25) is 9.59 Å². The molecule has 0 saturated heterocycles. The minimum absolute atomic E-state index is 0.0985. The van der Waals surface area contributed by atoms with E-state index in [-0.39, 0.29) is 11.3 Å². The van der Waals surface area contributed by atoms with Crippen LogP contribution in [0.1, 0.15) is 64.1 Å². The number of hydrogen-bond acceptors (Lipinski definition) is 4. The highest BCUT2D eigenvalue weighted by molar-refractivity contribution is 6.07. The van der Waals surface area contributed by atoms with Gasteiger partial charge in [0.2, 0.25) is 0 Å². The lowest BCUT2D eigenvalue weighted by Crippen LogP contribution is -2.20. The summed E-state index contributed by atoms with van der Waals surface area (Å²) in [4.78, 5) is 36.3. The molecule has 160 valence electrons. The number of nitrogens with two attached hydrogens (primary N) is 1. The highest BCUT2D eigenvalue weighted by Crippen LogP contribution is 2.25. The lowest BCUT2D eigenvalue weighted by atomic mass is 9.96. The van der Waals surface area contributed by atoms with Crippen LogP contribution in [-0.4, -0.2) is 11.7 Å². The van der Waals surface area contributed by atoms with Crippen molar-refractivity contribution in [3.05, 3.63) is 86.8 Å². The number of allylic oxidation sites excluding steroid dienone is 1. The lowest BCUT2D eigenvalue weighted by Gasteiger charge is -2.11. The van der Waals surface area contributed by atoms with Crippen molar-refractivity contribution in [2.24, 2.45) is 11.7 Å². The molecule has 1 atom stereocenters. The van der Waals surface area contributed by atoms with Crippen molar-refractivity contribution >= 4 is 28.7 Å². The molecule has 1 aromatic heterocycles. The van der Waals surface area contributed by atoms with Crippen LogP contribution in [0.15, 0.2) is 57.8 Å². The Balaban J connectivity index is 2.02. The van der Waals surface area contributed by atoms with E-state index in [1.807, 2.05) is 25.1 Å². The molecule has 0 aliphatic heterocycles.